The molecule has 0 amide bonds. The molecule has 2 N–H and O–H groups in total. The third kappa shape index (κ3) is 2.95. The predicted octanol–water partition coefficient (Wildman–Crippen LogP) is 3.72. The Morgan fingerprint density at radius 1 is 1.22 bits per heavy atom. The lowest BCUT2D eigenvalue weighted by Crippen LogP contribution is -3.14. The maximum atomic E-state index is 10.8. The predicted molar refractivity (Wildman–Crippen MR) is 112 cm³/mol. The van der Waals surface area contributed by atoms with Crippen molar-refractivity contribution < 1.29 is 10.0 Å². The van der Waals surface area contributed by atoms with Gasteiger partial charge >= 0.3 is 0 Å². The minimum Gasteiger partial charge on any atom is -0.382 e. The van der Waals surface area contributed by atoms with Gasteiger partial charge in [0.25, 0.3) is 0 Å². The normalized spacial score (nSPS) is 22.6. The highest BCUT2D eigenvalue weighted by Crippen LogP contribution is 2.37. The van der Waals surface area contributed by atoms with E-state index in [4.69, 9.17) is 0 Å². The zero-order chi connectivity index (χ0) is 18.5. The van der Waals surface area contributed by atoms with Gasteiger partial charge in [0.1, 0.15) is 18.7 Å². The molecule has 0 fully saturated rings. The molecule has 27 heavy (non-hydrogen) atoms. The summed E-state index contributed by atoms with van der Waals surface area (Å²) in [6, 6.07) is 15.5. The van der Waals surface area contributed by atoms with Crippen LogP contribution in [-0.4, -0.2) is 22.8 Å². The number of aryl methyl sites for hydroxylation is 2. The van der Waals surface area contributed by atoms with Gasteiger partial charge in [-0.15, -0.1) is 0 Å². The molecule has 1 aromatic heterocycles. The molecule has 2 aliphatic rings. The summed E-state index contributed by atoms with van der Waals surface area (Å²) in [5.74, 6) is 0. The molecule has 2 aromatic carbocycles. The van der Waals surface area contributed by atoms with Crippen LogP contribution in [-0.2, 0) is 13.0 Å². The lowest BCUT2D eigenvalue weighted by Gasteiger charge is -2.38. The number of aliphatic hydroxyl groups excluding tert-OH is 1. The topological polar surface area (TPSA) is 29.6 Å². The van der Waals surface area contributed by atoms with E-state index >= 15 is 0 Å². The van der Waals surface area contributed by atoms with Crippen LogP contribution in [0, 0.1) is 6.92 Å². The van der Waals surface area contributed by atoms with Crippen molar-refractivity contribution in [3.63, 3.8) is 0 Å². The summed E-state index contributed by atoms with van der Waals surface area (Å²) in [5, 5.41) is 12.3. The van der Waals surface area contributed by atoms with Crippen LogP contribution in [0.2, 0.25) is 0 Å². The maximum absolute atomic E-state index is 10.8. The van der Waals surface area contributed by atoms with E-state index in [2.05, 4.69) is 45.6 Å². The van der Waals surface area contributed by atoms with Crippen LogP contribution in [0.5, 0.6) is 0 Å². The van der Waals surface area contributed by atoms with Crippen molar-refractivity contribution in [3.8, 4) is 0 Å². The van der Waals surface area contributed by atoms with Gasteiger partial charge in [-0.2, -0.15) is 0 Å². The van der Waals surface area contributed by atoms with Gasteiger partial charge in [0.15, 0.2) is 0 Å². The molecule has 3 atom stereocenters. The lowest BCUT2D eigenvalue weighted by atomic mass is 9.89. The molecular weight excluding hydrogens is 400 g/mol. The second-order valence-corrected chi connectivity index (χ2v) is 9.08. The Morgan fingerprint density at radius 3 is 2.85 bits per heavy atom. The summed E-state index contributed by atoms with van der Waals surface area (Å²) in [7, 11) is 0. The van der Waals surface area contributed by atoms with Gasteiger partial charge in [0.2, 0.25) is 0 Å². The summed E-state index contributed by atoms with van der Waals surface area (Å²) in [5.41, 5.74) is 6.89. The summed E-state index contributed by atoms with van der Waals surface area (Å²) >= 11 is 3.48. The maximum Gasteiger partial charge on any atom is 0.129 e. The van der Waals surface area contributed by atoms with E-state index in [0.717, 1.165) is 29.7 Å². The quantitative estimate of drug-likeness (QED) is 0.657. The molecule has 5 rings (SSSR count). The average molecular weight is 426 g/mol. The highest BCUT2D eigenvalue weighted by atomic mass is 79.9. The van der Waals surface area contributed by atoms with Gasteiger partial charge in [0, 0.05) is 21.8 Å². The summed E-state index contributed by atoms with van der Waals surface area (Å²) in [6.45, 7) is 5.11. The van der Waals surface area contributed by atoms with Gasteiger partial charge < -0.3 is 14.6 Å². The van der Waals surface area contributed by atoms with Crippen molar-refractivity contribution in [1.82, 2.24) is 4.57 Å². The van der Waals surface area contributed by atoms with Crippen LogP contribution in [0.1, 0.15) is 47.4 Å². The van der Waals surface area contributed by atoms with Crippen molar-refractivity contribution >= 4 is 26.8 Å². The van der Waals surface area contributed by atoms with E-state index in [-0.39, 0.29) is 0 Å². The first-order valence-corrected chi connectivity index (χ1v) is 10.8. The zero-order valence-electron chi connectivity index (χ0n) is 15.7. The van der Waals surface area contributed by atoms with Crippen LogP contribution >= 0.6 is 15.9 Å². The first kappa shape index (κ1) is 17.5. The molecule has 4 heteroatoms. The Labute approximate surface area is 168 Å². The Kier molecular flexibility index (Phi) is 4.38. The number of halogens is 1. The number of quaternary nitrogens is 1. The Bertz CT molecular complexity index is 992. The van der Waals surface area contributed by atoms with Crippen LogP contribution < -0.4 is 4.90 Å². The minimum atomic E-state index is -0.406. The van der Waals surface area contributed by atoms with Gasteiger partial charge in [-0.05, 0) is 55.2 Å². The molecule has 1 unspecified atom stereocenters. The first-order valence-electron chi connectivity index (χ1n) is 10.0. The number of fused-ring (bicyclic) bond motifs is 3. The molecular formula is C23H26BrN2O+. The van der Waals surface area contributed by atoms with Crippen molar-refractivity contribution in [2.75, 3.05) is 13.1 Å². The third-order valence-electron chi connectivity index (χ3n) is 6.48. The second kappa shape index (κ2) is 6.77. The third-order valence-corrected chi connectivity index (χ3v) is 7.01. The second-order valence-electron chi connectivity index (χ2n) is 8.16. The molecule has 0 saturated carbocycles. The van der Waals surface area contributed by atoms with Crippen molar-refractivity contribution in [1.29, 1.82) is 0 Å². The van der Waals surface area contributed by atoms with Crippen LogP contribution in [0.4, 0.5) is 0 Å². The SMILES string of the molecule is Cc1ccc2c(c1)c1c3n2CC[NH+](C[C@@H](O)c2ccc(Br)cc2)[C@H]3CCC1. The molecule has 140 valence electrons. The van der Waals surface area contributed by atoms with Gasteiger partial charge in [-0.25, -0.2) is 0 Å². The number of benzene rings is 2. The molecule has 3 aromatic rings. The summed E-state index contributed by atoms with van der Waals surface area (Å²) in [4.78, 5) is 1.54. The number of rotatable bonds is 3. The lowest BCUT2D eigenvalue weighted by molar-refractivity contribution is -0.940. The highest BCUT2D eigenvalue weighted by Gasteiger charge is 2.38. The van der Waals surface area contributed by atoms with Crippen LogP contribution in [0.25, 0.3) is 10.9 Å². The number of nitrogens with one attached hydrogen (secondary N) is 1. The highest BCUT2D eigenvalue weighted by molar-refractivity contribution is 9.10. The molecule has 1 aliphatic heterocycles. The fraction of sp³-hybridized carbons (Fsp3) is 0.391. The van der Waals surface area contributed by atoms with Gasteiger partial charge in [-0.3, -0.25) is 0 Å². The fourth-order valence-corrected chi connectivity index (χ4v) is 5.47. The Morgan fingerprint density at radius 2 is 2.04 bits per heavy atom. The Hall–Kier alpha value is -1.62. The van der Waals surface area contributed by atoms with Crippen molar-refractivity contribution in [3.05, 3.63) is 69.3 Å². The Balaban J connectivity index is 1.49. The molecule has 1 aliphatic carbocycles. The number of hydrogen-bond acceptors (Lipinski definition) is 1. The zero-order valence-corrected chi connectivity index (χ0v) is 17.3. The molecule has 0 bridgehead atoms. The molecule has 2 heterocycles. The van der Waals surface area contributed by atoms with E-state index < -0.39 is 6.10 Å². The van der Waals surface area contributed by atoms with E-state index in [1.54, 1.807) is 16.2 Å². The van der Waals surface area contributed by atoms with Crippen LogP contribution in [0.3, 0.4) is 0 Å². The minimum absolute atomic E-state index is 0.406. The molecule has 0 spiro atoms. The van der Waals surface area contributed by atoms with Crippen LogP contribution in [0.15, 0.2) is 46.9 Å². The monoisotopic (exact) mass is 425 g/mol. The summed E-state index contributed by atoms with van der Waals surface area (Å²) in [6.07, 6.45) is 3.27. The fourth-order valence-electron chi connectivity index (χ4n) is 5.20. The largest absolute Gasteiger partial charge is 0.382 e. The number of nitrogens with zero attached hydrogens (tertiary/aromatic N) is 1. The number of aromatic nitrogens is 1. The standard InChI is InChI=1S/C23H25BrN2O/c1-15-5-10-20-19(13-15)18-3-2-4-21-23(18)26(20)12-11-25(21)14-22(27)16-6-8-17(24)9-7-16/h5-10,13,21-22,27H,2-4,11-12,14H2,1H3/p+1/t21-,22+/m0/s1. The van der Waals surface area contributed by atoms with Crippen molar-refractivity contribution in [2.24, 2.45) is 0 Å². The number of hydrogen-bond donors (Lipinski definition) is 2. The summed E-state index contributed by atoms with van der Waals surface area (Å²) < 4.78 is 3.63. The van der Waals surface area contributed by atoms with E-state index in [1.165, 1.54) is 35.7 Å². The number of aliphatic hydroxyl groups is 1. The van der Waals surface area contributed by atoms with E-state index in [1.807, 2.05) is 24.3 Å². The van der Waals surface area contributed by atoms with Crippen molar-refractivity contribution in [2.45, 2.75) is 44.9 Å². The van der Waals surface area contributed by atoms with E-state index in [9.17, 15) is 5.11 Å². The average Bonchev–Trinajstić information content (AvgIpc) is 2.99. The molecule has 0 radical (unpaired) electrons. The molecule has 0 saturated heterocycles. The van der Waals surface area contributed by atoms with E-state index in [0.29, 0.717) is 6.04 Å². The smallest absolute Gasteiger partial charge is 0.129 e. The molecule has 3 nitrogen and oxygen atoms in total. The van der Waals surface area contributed by atoms with Gasteiger partial charge in [0.05, 0.1) is 18.8 Å². The van der Waals surface area contributed by atoms with Gasteiger partial charge in [-0.1, -0.05) is 39.7 Å². The first-order chi connectivity index (χ1) is 13.1.